The highest BCUT2D eigenvalue weighted by Gasteiger charge is 2.45. The molecule has 1 atom stereocenters. The van der Waals surface area contributed by atoms with Gasteiger partial charge in [-0.25, -0.2) is 0 Å². The van der Waals surface area contributed by atoms with Crippen molar-refractivity contribution in [3.05, 3.63) is 28.8 Å². The van der Waals surface area contributed by atoms with E-state index >= 15 is 0 Å². The van der Waals surface area contributed by atoms with Crippen LogP contribution in [0.1, 0.15) is 55.8 Å². The maximum absolute atomic E-state index is 5.42. The van der Waals surface area contributed by atoms with Crippen molar-refractivity contribution in [2.24, 2.45) is 5.41 Å². The minimum Gasteiger partial charge on any atom is -0.496 e. The first-order valence-corrected chi connectivity index (χ1v) is 7.40. The van der Waals surface area contributed by atoms with Crippen molar-refractivity contribution >= 4 is 0 Å². The standard InChI is InChI=1S/C17H27NO/c1-6-9-18-16(17(4)7-8-17)14-10-13(3)15(19-5)11-12(14)2/h10-11,16,18H,6-9H2,1-5H3. The molecule has 0 saturated heterocycles. The molecule has 1 aliphatic rings. The molecule has 1 saturated carbocycles. The third-order valence-corrected chi connectivity index (χ3v) is 4.43. The number of ether oxygens (including phenoxy) is 1. The van der Waals surface area contributed by atoms with Gasteiger partial charge in [0.25, 0.3) is 0 Å². The fraction of sp³-hybridized carbons (Fsp3) is 0.647. The smallest absolute Gasteiger partial charge is 0.122 e. The number of rotatable bonds is 6. The van der Waals surface area contributed by atoms with Crippen LogP contribution in [0.25, 0.3) is 0 Å². The summed E-state index contributed by atoms with van der Waals surface area (Å²) in [7, 11) is 1.75. The molecule has 0 heterocycles. The van der Waals surface area contributed by atoms with Crippen LogP contribution < -0.4 is 10.1 Å². The molecular weight excluding hydrogens is 234 g/mol. The van der Waals surface area contributed by atoms with Gasteiger partial charge in [-0.1, -0.05) is 19.9 Å². The molecule has 1 aromatic carbocycles. The van der Waals surface area contributed by atoms with Crippen molar-refractivity contribution in [3.8, 4) is 5.75 Å². The zero-order chi connectivity index (χ0) is 14.0. The lowest BCUT2D eigenvalue weighted by molar-refractivity contribution is 0.364. The second-order valence-electron chi connectivity index (χ2n) is 6.22. The molecule has 0 bridgehead atoms. The summed E-state index contributed by atoms with van der Waals surface area (Å²) in [4.78, 5) is 0. The number of benzene rings is 1. The van der Waals surface area contributed by atoms with Gasteiger partial charge in [-0.15, -0.1) is 0 Å². The summed E-state index contributed by atoms with van der Waals surface area (Å²) in [6, 6.07) is 4.97. The van der Waals surface area contributed by atoms with E-state index in [2.05, 4.69) is 45.1 Å². The van der Waals surface area contributed by atoms with E-state index < -0.39 is 0 Å². The van der Waals surface area contributed by atoms with Crippen LogP contribution in [0.15, 0.2) is 12.1 Å². The van der Waals surface area contributed by atoms with E-state index in [1.807, 2.05) is 0 Å². The van der Waals surface area contributed by atoms with Crippen LogP contribution in [0.2, 0.25) is 0 Å². The normalized spacial score (nSPS) is 18.2. The predicted molar refractivity (Wildman–Crippen MR) is 80.8 cm³/mol. The molecule has 0 spiro atoms. The SMILES string of the molecule is CCCNC(c1cc(C)c(OC)cc1C)C1(C)CC1. The lowest BCUT2D eigenvalue weighted by Crippen LogP contribution is -2.29. The summed E-state index contributed by atoms with van der Waals surface area (Å²) >= 11 is 0. The van der Waals surface area contributed by atoms with Gasteiger partial charge in [-0.3, -0.25) is 0 Å². The van der Waals surface area contributed by atoms with E-state index in [0.29, 0.717) is 11.5 Å². The zero-order valence-electron chi connectivity index (χ0n) is 13.0. The maximum Gasteiger partial charge on any atom is 0.122 e. The fourth-order valence-electron chi connectivity index (χ4n) is 2.85. The third kappa shape index (κ3) is 2.94. The molecule has 0 aliphatic heterocycles. The molecule has 1 unspecified atom stereocenters. The number of methoxy groups -OCH3 is 1. The second-order valence-corrected chi connectivity index (χ2v) is 6.22. The van der Waals surface area contributed by atoms with Crippen molar-refractivity contribution in [1.29, 1.82) is 0 Å². The van der Waals surface area contributed by atoms with Crippen LogP contribution in [0.3, 0.4) is 0 Å². The van der Waals surface area contributed by atoms with Crippen molar-refractivity contribution in [2.45, 2.75) is 53.0 Å². The zero-order valence-corrected chi connectivity index (χ0v) is 13.0. The van der Waals surface area contributed by atoms with Gasteiger partial charge < -0.3 is 10.1 Å². The Kier molecular flexibility index (Phi) is 4.19. The van der Waals surface area contributed by atoms with Crippen molar-refractivity contribution in [2.75, 3.05) is 13.7 Å². The number of aryl methyl sites for hydroxylation is 2. The first-order valence-electron chi connectivity index (χ1n) is 7.40. The molecule has 0 aromatic heterocycles. The van der Waals surface area contributed by atoms with E-state index in [0.717, 1.165) is 12.3 Å². The highest BCUT2D eigenvalue weighted by molar-refractivity contribution is 5.44. The van der Waals surface area contributed by atoms with E-state index in [4.69, 9.17) is 4.74 Å². The largest absolute Gasteiger partial charge is 0.496 e. The Balaban J connectivity index is 2.33. The summed E-state index contributed by atoms with van der Waals surface area (Å²) in [5, 5.41) is 3.75. The fourth-order valence-corrected chi connectivity index (χ4v) is 2.85. The minimum atomic E-state index is 0.445. The summed E-state index contributed by atoms with van der Waals surface area (Å²) < 4.78 is 5.42. The molecule has 19 heavy (non-hydrogen) atoms. The molecule has 2 heteroatoms. The minimum absolute atomic E-state index is 0.445. The summed E-state index contributed by atoms with van der Waals surface area (Å²) in [5.74, 6) is 0.997. The van der Waals surface area contributed by atoms with E-state index in [1.54, 1.807) is 7.11 Å². The van der Waals surface area contributed by atoms with Crippen LogP contribution in [-0.2, 0) is 0 Å². The van der Waals surface area contributed by atoms with Gasteiger partial charge in [0.2, 0.25) is 0 Å². The Morgan fingerprint density at radius 3 is 2.47 bits per heavy atom. The number of nitrogens with one attached hydrogen (secondary N) is 1. The first kappa shape index (κ1) is 14.4. The van der Waals surface area contributed by atoms with Crippen LogP contribution >= 0.6 is 0 Å². The summed E-state index contributed by atoms with van der Waals surface area (Å²) in [6.45, 7) is 10.0. The molecule has 1 fully saturated rings. The van der Waals surface area contributed by atoms with Crippen molar-refractivity contribution in [3.63, 3.8) is 0 Å². The van der Waals surface area contributed by atoms with Gasteiger partial charge in [0, 0.05) is 6.04 Å². The molecule has 1 aliphatic carbocycles. The third-order valence-electron chi connectivity index (χ3n) is 4.43. The predicted octanol–water partition coefficient (Wildman–Crippen LogP) is 4.15. The number of hydrogen-bond acceptors (Lipinski definition) is 2. The van der Waals surface area contributed by atoms with Crippen LogP contribution in [0.5, 0.6) is 5.75 Å². The molecule has 106 valence electrons. The molecule has 2 nitrogen and oxygen atoms in total. The van der Waals surface area contributed by atoms with Crippen LogP contribution in [0, 0.1) is 19.3 Å². The first-order chi connectivity index (χ1) is 9.01. The van der Waals surface area contributed by atoms with Gasteiger partial charge in [0.05, 0.1) is 7.11 Å². The Morgan fingerprint density at radius 1 is 1.26 bits per heavy atom. The monoisotopic (exact) mass is 261 g/mol. The van der Waals surface area contributed by atoms with Crippen LogP contribution in [-0.4, -0.2) is 13.7 Å². The maximum atomic E-state index is 5.42. The molecule has 1 aromatic rings. The van der Waals surface area contributed by atoms with E-state index in [1.165, 1.54) is 36.0 Å². The van der Waals surface area contributed by atoms with Gasteiger partial charge in [-0.2, -0.15) is 0 Å². The van der Waals surface area contributed by atoms with Crippen molar-refractivity contribution < 1.29 is 4.74 Å². The molecule has 0 radical (unpaired) electrons. The molecular formula is C17H27NO. The Labute approximate surface area is 117 Å². The second kappa shape index (κ2) is 5.54. The van der Waals surface area contributed by atoms with Crippen LogP contribution in [0.4, 0.5) is 0 Å². The topological polar surface area (TPSA) is 21.3 Å². The lowest BCUT2D eigenvalue weighted by Gasteiger charge is -2.28. The quantitative estimate of drug-likeness (QED) is 0.830. The summed E-state index contributed by atoms with van der Waals surface area (Å²) in [6.07, 6.45) is 3.85. The average molecular weight is 261 g/mol. The van der Waals surface area contributed by atoms with E-state index in [9.17, 15) is 0 Å². The average Bonchev–Trinajstić information content (AvgIpc) is 3.12. The van der Waals surface area contributed by atoms with Gasteiger partial charge in [0.1, 0.15) is 5.75 Å². The number of hydrogen-bond donors (Lipinski definition) is 1. The summed E-state index contributed by atoms with van der Waals surface area (Å²) in [5.41, 5.74) is 4.47. The highest BCUT2D eigenvalue weighted by Crippen LogP contribution is 2.55. The van der Waals surface area contributed by atoms with Crippen molar-refractivity contribution in [1.82, 2.24) is 5.32 Å². The molecule has 1 N–H and O–H groups in total. The molecule has 0 amide bonds. The highest BCUT2D eigenvalue weighted by atomic mass is 16.5. The Morgan fingerprint density at radius 2 is 1.95 bits per heavy atom. The van der Waals surface area contributed by atoms with Gasteiger partial charge >= 0.3 is 0 Å². The van der Waals surface area contributed by atoms with E-state index in [-0.39, 0.29) is 0 Å². The Hall–Kier alpha value is -1.02. The Bertz CT molecular complexity index is 449. The van der Waals surface area contributed by atoms with Gasteiger partial charge in [-0.05, 0) is 67.8 Å². The van der Waals surface area contributed by atoms with Gasteiger partial charge in [0.15, 0.2) is 0 Å². The lowest BCUT2D eigenvalue weighted by atomic mass is 9.87. The molecule has 2 rings (SSSR count).